The highest BCUT2D eigenvalue weighted by Gasteiger charge is 2.14. The Balaban J connectivity index is 1.55. The maximum atomic E-state index is 4.74. The summed E-state index contributed by atoms with van der Waals surface area (Å²) in [6.07, 6.45) is 0. The molecular formula is C21H26N8S. The Hall–Kier alpha value is -2.78. The van der Waals surface area contributed by atoms with Crippen LogP contribution in [0.5, 0.6) is 0 Å². The van der Waals surface area contributed by atoms with Crippen LogP contribution in [0.1, 0.15) is 19.5 Å². The van der Waals surface area contributed by atoms with Gasteiger partial charge in [0.15, 0.2) is 5.65 Å². The summed E-state index contributed by atoms with van der Waals surface area (Å²) in [5, 5.41) is 14.5. The third-order valence-corrected chi connectivity index (χ3v) is 5.89. The number of para-hydroxylation sites is 1. The number of benzene rings is 1. The Morgan fingerprint density at radius 3 is 2.67 bits per heavy atom. The van der Waals surface area contributed by atoms with Gasteiger partial charge in [0, 0.05) is 31.2 Å². The minimum Gasteiger partial charge on any atom is -0.353 e. The van der Waals surface area contributed by atoms with E-state index in [0.29, 0.717) is 11.1 Å². The fraction of sp³-hybridized carbons (Fsp3) is 0.381. The summed E-state index contributed by atoms with van der Waals surface area (Å²) in [5.74, 6) is 0.628. The number of nitrogens with zero attached hydrogens (tertiary/aromatic N) is 7. The Morgan fingerprint density at radius 2 is 1.87 bits per heavy atom. The molecule has 0 bridgehead atoms. The first kappa shape index (κ1) is 20.5. The second-order valence-electron chi connectivity index (χ2n) is 7.07. The predicted molar refractivity (Wildman–Crippen MR) is 121 cm³/mol. The fourth-order valence-corrected chi connectivity index (χ4v) is 4.23. The van der Waals surface area contributed by atoms with Gasteiger partial charge in [0.2, 0.25) is 11.1 Å². The molecule has 156 valence electrons. The molecule has 0 radical (unpaired) electrons. The van der Waals surface area contributed by atoms with Crippen LogP contribution in [0.2, 0.25) is 0 Å². The van der Waals surface area contributed by atoms with Gasteiger partial charge in [0.05, 0.1) is 5.52 Å². The van der Waals surface area contributed by atoms with Crippen LogP contribution in [-0.2, 0) is 7.05 Å². The number of fused-ring (bicyclic) bond motifs is 3. The molecule has 0 spiro atoms. The molecule has 0 aliphatic heterocycles. The maximum Gasteiger partial charge on any atom is 0.224 e. The molecule has 0 aliphatic carbocycles. The lowest BCUT2D eigenvalue weighted by Gasteiger charge is -2.18. The largest absolute Gasteiger partial charge is 0.353 e. The zero-order chi connectivity index (χ0) is 21.1. The number of rotatable bonds is 8. The molecule has 4 aromatic rings. The van der Waals surface area contributed by atoms with Crippen LogP contribution in [0.3, 0.4) is 0 Å². The van der Waals surface area contributed by atoms with E-state index in [1.165, 1.54) is 11.8 Å². The molecule has 0 atom stereocenters. The number of likely N-dealkylation sites (N-methyl/N-ethyl adjacent to an activating group) is 1. The standard InChI is InChI=1S/C21H26N8S/c1-5-29(6-2)12-11-22-20-23-14(3)13-17(24-20)30-21-25-19-18(26-27-21)15-9-7-8-10-16(15)28(19)4/h7-10,13H,5-6,11-12H2,1-4H3,(H,22,23,24). The lowest BCUT2D eigenvalue weighted by molar-refractivity contribution is 0.316. The van der Waals surface area contributed by atoms with Gasteiger partial charge in [0.1, 0.15) is 10.5 Å². The normalized spacial score (nSPS) is 11.6. The average Bonchev–Trinajstić information content (AvgIpc) is 3.03. The second-order valence-corrected chi connectivity index (χ2v) is 8.06. The Morgan fingerprint density at radius 1 is 1.07 bits per heavy atom. The van der Waals surface area contributed by atoms with Crippen molar-refractivity contribution in [1.29, 1.82) is 0 Å². The first-order valence-corrected chi connectivity index (χ1v) is 11.0. The summed E-state index contributed by atoms with van der Waals surface area (Å²) in [6.45, 7) is 10.1. The van der Waals surface area contributed by atoms with Crippen molar-refractivity contribution in [2.24, 2.45) is 7.05 Å². The van der Waals surface area contributed by atoms with Crippen molar-refractivity contribution in [3.8, 4) is 0 Å². The molecular weight excluding hydrogens is 396 g/mol. The maximum absolute atomic E-state index is 4.74. The lowest BCUT2D eigenvalue weighted by Crippen LogP contribution is -2.29. The van der Waals surface area contributed by atoms with E-state index in [-0.39, 0.29) is 0 Å². The van der Waals surface area contributed by atoms with E-state index in [0.717, 1.165) is 59.0 Å². The van der Waals surface area contributed by atoms with Crippen LogP contribution >= 0.6 is 11.8 Å². The number of aryl methyl sites for hydroxylation is 2. The lowest BCUT2D eigenvalue weighted by atomic mass is 10.2. The van der Waals surface area contributed by atoms with E-state index in [9.17, 15) is 0 Å². The van der Waals surface area contributed by atoms with Crippen LogP contribution < -0.4 is 5.32 Å². The van der Waals surface area contributed by atoms with E-state index in [1.807, 2.05) is 38.2 Å². The van der Waals surface area contributed by atoms with E-state index in [4.69, 9.17) is 4.98 Å². The number of hydrogen-bond acceptors (Lipinski definition) is 8. The zero-order valence-electron chi connectivity index (χ0n) is 17.8. The number of nitrogens with one attached hydrogen (secondary N) is 1. The summed E-state index contributed by atoms with van der Waals surface area (Å²) in [4.78, 5) is 16.2. The molecule has 1 N–H and O–H groups in total. The topological polar surface area (TPSA) is 84.6 Å². The van der Waals surface area contributed by atoms with Crippen LogP contribution in [0, 0.1) is 6.92 Å². The molecule has 0 aliphatic rings. The molecule has 0 unspecified atom stereocenters. The highest BCUT2D eigenvalue weighted by Crippen LogP contribution is 2.28. The second kappa shape index (κ2) is 8.93. The van der Waals surface area contributed by atoms with Crippen LogP contribution in [-0.4, -0.2) is 60.8 Å². The fourth-order valence-electron chi connectivity index (χ4n) is 3.47. The molecule has 30 heavy (non-hydrogen) atoms. The Bertz CT molecular complexity index is 1170. The number of aromatic nitrogens is 6. The number of anilines is 1. The Labute approximate surface area is 180 Å². The molecule has 4 rings (SSSR count). The smallest absolute Gasteiger partial charge is 0.224 e. The minimum atomic E-state index is 0.570. The van der Waals surface area contributed by atoms with Gasteiger partial charge < -0.3 is 14.8 Å². The predicted octanol–water partition coefficient (Wildman–Crippen LogP) is 3.52. The van der Waals surface area contributed by atoms with E-state index >= 15 is 0 Å². The molecule has 1 aromatic carbocycles. The van der Waals surface area contributed by atoms with Gasteiger partial charge in [-0.2, -0.15) is 0 Å². The quantitative estimate of drug-likeness (QED) is 0.432. The molecule has 3 aromatic heterocycles. The Kier molecular flexibility index (Phi) is 6.10. The van der Waals surface area contributed by atoms with Crippen molar-refractivity contribution >= 4 is 39.8 Å². The van der Waals surface area contributed by atoms with Crippen molar-refractivity contribution in [2.75, 3.05) is 31.5 Å². The SMILES string of the molecule is CCN(CC)CCNc1nc(C)cc(Sc2nnc3c4ccccc4n(C)c3n2)n1. The summed E-state index contributed by atoms with van der Waals surface area (Å²) < 4.78 is 2.05. The monoisotopic (exact) mass is 422 g/mol. The summed E-state index contributed by atoms with van der Waals surface area (Å²) in [7, 11) is 2.00. The number of hydrogen-bond donors (Lipinski definition) is 1. The van der Waals surface area contributed by atoms with Crippen molar-refractivity contribution in [3.05, 3.63) is 36.0 Å². The van der Waals surface area contributed by atoms with Gasteiger partial charge in [-0.1, -0.05) is 32.0 Å². The zero-order valence-corrected chi connectivity index (χ0v) is 18.6. The van der Waals surface area contributed by atoms with Crippen molar-refractivity contribution in [2.45, 2.75) is 31.0 Å². The molecule has 8 nitrogen and oxygen atoms in total. The van der Waals surface area contributed by atoms with Crippen molar-refractivity contribution in [1.82, 2.24) is 34.6 Å². The molecule has 0 fully saturated rings. The van der Waals surface area contributed by atoms with E-state index in [2.05, 4.69) is 54.9 Å². The van der Waals surface area contributed by atoms with Gasteiger partial charge in [-0.15, -0.1) is 10.2 Å². The third kappa shape index (κ3) is 4.22. The van der Waals surface area contributed by atoms with Gasteiger partial charge >= 0.3 is 0 Å². The molecule has 0 saturated heterocycles. The van der Waals surface area contributed by atoms with E-state index in [1.54, 1.807) is 0 Å². The average molecular weight is 423 g/mol. The summed E-state index contributed by atoms with van der Waals surface area (Å²) in [5.41, 5.74) is 3.62. The van der Waals surface area contributed by atoms with Gasteiger partial charge in [-0.3, -0.25) is 0 Å². The first-order valence-electron chi connectivity index (χ1n) is 10.2. The molecule has 9 heteroatoms. The molecule has 0 amide bonds. The first-order chi connectivity index (χ1) is 14.6. The summed E-state index contributed by atoms with van der Waals surface area (Å²) >= 11 is 1.40. The highest BCUT2D eigenvalue weighted by atomic mass is 32.2. The van der Waals surface area contributed by atoms with Crippen molar-refractivity contribution < 1.29 is 0 Å². The molecule has 0 saturated carbocycles. The molecule has 3 heterocycles. The van der Waals surface area contributed by atoms with Gasteiger partial charge in [-0.25, -0.2) is 15.0 Å². The van der Waals surface area contributed by atoms with Gasteiger partial charge in [-0.05, 0) is 43.9 Å². The summed E-state index contributed by atoms with van der Waals surface area (Å²) in [6, 6.07) is 10.1. The van der Waals surface area contributed by atoms with E-state index < -0.39 is 0 Å². The van der Waals surface area contributed by atoms with Crippen LogP contribution in [0.25, 0.3) is 22.1 Å². The van der Waals surface area contributed by atoms with Crippen molar-refractivity contribution in [3.63, 3.8) is 0 Å². The van der Waals surface area contributed by atoms with Crippen LogP contribution in [0.4, 0.5) is 5.95 Å². The van der Waals surface area contributed by atoms with Gasteiger partial charge in [0.25, 0.3) is 0 Å². The van der Waals surface area contributed by atoms with Crippen LogP contribution in [0.15, 0.2) is 40.5 Å². The highest BCUT2D eigenvalue weighted by molar-refractivity contribution is 7.99. The minimum absolute atomic E-state index is 0.570. The third-order valence-electron chi connectivity index (χ3n) is 5.12.